The van der Waals surface area contributed by atoms with Crippen LogP contribution in [0.2, 0.25) is 10.2 Å². The molecule has 6 heteroatoms. The van der Waals surface area contributed by atoms with Gasteiger partial charge in [-0.15, -0.1) is 0 Å². The lowest BCUT2D eigenvalue weighted by Gasteiger charge is -2.25. The third kappa shape index (κ3) is 3.43. The average Bonchev–Trinajstić information content (AvgIpc) is 2.85. The Kier molecular flexibility index (Phi) is 4.74. The van der Waals surface area contributed by atoms with E-state index in [0.717, 1.165) is 13.0 Å². The summed E-state index contributed by atoms with van der Waals surface area (Å²) in [6, 6.07) is 11.9. The Morgan fingerprint density at radius 2 is 2.09 bits per heavy atom. The highest BCUT2D eigenvalue weighted by Crippen LogP contribution is 2.31. The Hall–Kier alpha value is -1.78. The number of para-hydroxylation sites is 1. The topological polar surface area (TPSA) is 45.2 Å². The van der Waals surface area contributed by atoms with E-state index in [1.807, 2.05) is 6.07 Å². The van der Waals surface area contributed by atoms with Gasteiger partial charge in [0.1, 0.15) is 10.8 Å². The SMILES string of the molecule is CC1Cc2ccccc2N1CCNC(=O)c1nc(Cl)ccc1Cl. The zero-order valence-electron chi connectivity index (χ0n) is 12.7. The first-order chi connectivity index (χ1) is 11.1. The van der Waals surface area contributed by atoms with Gasteiger partial charge in [-0.05, 0) is 37.1 Å². The quantitative estimate of drug-likeness (QED) is 0.858. The van der Waals surface area contributed by atoms with Crippen molar-refractivity contribution in [2.45, 2.75) is 19.4 Å². The van der Waals surface area contributed by atoms with Gasteiger partial charge in [0.25, 0.3) is 5.91 Å². The van der Waals surface area contributed by atoms with Crippen molar-refractivity contribution in [2.24, 2.45) is 0 Å². The second kappa shape index (κ2) is 6.77. The number of pyridine rings is 1. The lowest BCUT2D eigenvalue weighted by molar-refractivity contribution is 0.0949. The lowest BCUT2D eigenvalue weighted by atomic mass is 10.1. The van der Waals surface area contributed by atoms with Crippen molar-refractivity contribution in [2.75, 3.05) is 18.0 Å². The molecule has 2 aromatic rings. The van der Waals surface area contributed by atoms with Crippen LogP contribution in [0.15, 0.2) is 36.4 Å². The van der Waals surface area contributed by atoms with Crippen molar-refractivity contribution in [3.8, 4) is 0 Å². The number of amides is 1. The Labute approximate surface area is 145 Å². The third-order valence-corrected chi connectivity index (χ3v) is 4.53. The van der Waals surface area contributed by atoms with Crippen LogP contribution in [0.5, 0.6) is 0 Å². The van der Waals surface area contributed by atoms with E-state index < -0.39 is 0 Å². The van der Waals surface area contributed by atoms with Crippen LogP contribution in [-0.2, 0) is 6.42 Å². The molecule has 3 rings (SSSR count). The molecule has 4 nitrogen and oxygen atoms in total. The highest BCUT2D eigenvalue weighted by molar-refractivity contribution is 6.34. The van der Waals surface area contributed by atoms with Gasteiger partial charge in [0.15, 0.2) is 0 Å². The number of rotatable bonds is 4. The predicted molar refractivity (Wildman–Crippen MR) is 93.5 cm³/mol. The van der Waals surface area contributed by atoms with E-state index in [9.17, 15) is 4.79 Å². The standard InChI is InChI=1S/C17H17Cl2N3O/c1-11-10-12-4-2-3-5-14(12)22(11)9-8-20-17(23)16-13(18)6-7-15(19)21-16/h2-7,11H,8-10H2,1H3,(H,20,23). The van der Waals surface area contributed by atoms with Crippen LogP contribution < -0.4 is 10.2 Å². The number of nitrogens with one attached hydrogen (secondary N) is 1. The van der Waals surface area contributed by atoms with Gasteiger partial charge in [0, 0.05) is 24.8 Å². The Morgan fingerprint density at radius 3 is 2.91 bits per heavy atom. The maximum Gasteiger partial charge on any atom is 0.271 e. The third-order valence-electron chi connectivity index (χ3n) is 4.01. The van der Waals surface area contributed by atoms with Gasteiger partial charge >= 0.3 is 0 Å². The van der Waals surface area contributed by atoms with Crippen molar-refractivity contribution in [1.82, 2.24) is 10.3 Å². The molecule has 120 valence electrons. The molecule has 2 heterocycles. The Bertz CT molecular complexity index is 736. The van der Waals surface area contributed by atoms with Gasteiger partial charge in [-0.25, -0.2) is 4.98 Å². The van der Waals surface area contributed by atoms with Gasteiger partial charge in [-0.3, -0.25) is 4.79 Å². The minimum Gasteiger partial charge on any atom is -0.367 e. The monoisotopic (exact) mass is 349 g/mol. The molecule has 0 spiro atoms. The van der Waals surface area contributed by atoms with E-state index in [1.165, 1.54) is 11.3 Å². The predicted octanol–water partition coefficient (Wildman–Crippen LogP) is 3.57. The van der Waals surface area contributed by atoms with Crippen LogP contribution in [0, 0.1) is 0 Å². The van der Waals surface area contributed by atoms with Crippen molar-refractivity contribution in [1.29, 1.82) is 0 Å². The van der Waals surface area contributed by atoms with Crippen LogP contribution in [0.1, 0.15) is 23.0 Å². The summed E-state index contributed by atoms with van der Waals surface area (Å²) in [6.07, 6.45) is 1.03. The minimum atomic E-state index is -0.308. The Morgan fingerprint density at radius 1 is 1.30 bits per heavy atom. The molecule has 0 saturated carbocycles. The molecule has 1 unspecified atom stereocenters. The second-order valence-corrected chi connectivity index (χ2v) is 6.39. The number of aromatic nitrogens is 1. The molecule has 0 bridgehead atoms. The first-order valence-electron chi connectivity index (χ1n) is 7.51. The van der Waals surface area contributed by atoms with Crippen molar-refractivity contribution in [3.05, 3.63) is 57.8 Å². The number of fused-ring (bicyclic) bond motifs is 1. The molecular weight excluding hydrogens is 333 g/mol. The molecule has 1 aromatic heterocycles. The normalized spacial score (nSPS) is 16.3. The summed E-state index contributed by atoms with van der Waals surface area (Å²) in [5, 5.41) is 3.41. The van der Waals surface area contributed by atoms with E-state index in [-0.39, 0.29) is 16.8 Å². The van der Waals surface area contributed by atoms with Crippen LogP contribution >= 0.6 is 23.2 Å². The van der Waals surface area contributed by atoms with Crippen LogP contribution in [0.25, 0.3) is 0 Å². The number of carbonyl (C=O) groups excluding carboxylic acids is 1. The van der Waals surface area contributed by atoms with Gasteiger partial charge in [0.2, 0.25) is 0 Å². The maximum atomic E-state index is 12.2. The molecule has 1 aliphatic heterocycles. The van der Waals surface area contributed by atoms with Crippen molar-refractivity contribution < 1.29 is 4.79 Å². The number of carbonyl (C=O) groups is 1. The number of anilines is 1. The summed E-state index contributed by atoms with van der Waals surface area (Å²) < 4.78 is 0. The fourth-order valence-corrected chi connectivity index (χ4v) is 3.26. The molecule has 1 amide bonds. The summed E-state index contributed by atoms with van der Waals surface area (Å²) in [6.45, 7) is 3.45. The average molecular weight is 350 g/mol. The minimum absolute atomic E-state index is 0.161. The van der Waals surface area contributed by atoms with E-state index in [0.29, 0.717) is 17.6 Å². The van der Waals surface area contributed by atoms with E-state index in [1.54, 1.807) is 12.1 Å². The molecule has 0 radical (unpaired) electrons. The fourth-order valence-electron chi connectivity index (χ4n) is 2.92. The van der Waals surface area contributed by atoms with E-state index >= 15 is 0 Å². The van der Waals surface area contributed by atoms with Gasteiger partial charge in [-0.1, -0.05) is 41.4 Å². The first kappa shape index (κ1) is 16.1. The summed E-state index contributed by atoms with van der Waals surface area (Å²) in [5.74, 6) is -0.308. The van der Waals surface area contributed by atoms with Gasteiger partial charge in [0.05, 0.1) is 5.02 Å². The van der Waals surface area contributed by atoms with Crippen LogP contribution in [0.4, 0.5) is 5.69 Å². The number of hydrogen-bond donors (Lipinski definition) is 1. The smallest absolute Gasteiger partial charge is 0.271 e. The van der Waals surface area contributed by atoms with Crippen molar-refractivity contribution in [3.63, 3.8) is 0 Å². The van der Waals surface area contributed by atoms with E-state index in [4.69, 9.17) is 23.2 Å². The molecule has 0 aliphatic carbocycles. The molecule has 0 fully saturated rings. The van der Waals surface area contributed by atoms with Crippen molar-refractivity contribution >= 4 is 34.8 Å². The fraction of sp³-hybridized carbons (Fsp3) is 0.294. The summed E-state index contributed by atoms with van der Waals surface area (Å²) >= 11 is 11.8. The second-order valence-electron chi connectivity index (χ2n) is 5.60. The summed E-state index contributed by atoms with van der Waals surface area (Å²) in [4.78, 5) is 18.5. The molecule has 1 atom stereocenters. The number of nitrogens with zero attached hydrogens (tertiary/aromatic N) is 2. The molecule has 23 heavy (non-hydrogen) atoms. The maximum absolute atomic E-state index is 12.2. The summed E-state index contributed by atoms with van der Waals surface area (Å²) in [7, 11) is 0. The number of halogens is 2. The number of hydrogen-bond acceptors (Lipinski definition) is 3. The lowest BCUT2D eigenvalue weighted by Crippen LogP contribution is -2.38. The highest BCUT2D eigenvalue weighted by Gasteiger charge is 2.25. The molecule has 1 aliphatic rings. The summed E-state index contributed by atoms with van der Waals surface area (Å²) in [5.41, 5.74) is 2.76. The van der Waals surface area contributed by atoms with Crippen LogP contribution in [-0.4, -0.2) is 30.0 Å². The molecular formula is C17H17Cl2N3O. The zero-order chi connectivity index (χ0) is 16.4. The molecule has 1 aromatic carbocycles. The van der Waals surface area contributed by atoms with Gasteiger partial charge < -0.3 is 10.2 Å². The van der Waals surface area contributed by atoms with Crippen LogP contribution in [0.3, 0.4) is 0 Å². The molecule has 1 N–H and O–H groups in total. The Balaban J connectivity index is 1.61. The van der Waals surface area contributed by atoms with Gasteiger partial charge in [-0.2, -0.15) is 0 Å². The molecule has 0 saturated heterocycles. The zero-order valence-corrected chi connectivity index (χ0v) is 14.2. The number of benzene rings is 1. The first-order valence-corrected chi connectivity index (χ1v) is 8.26. The largest absolute Gasteiger partial charge is 0.367 e. The van der Waals surface area contributed by atoms with E-state index in [2.05, 4.69) is 40.3 Å². The highest BCUT2D eigenvalue weighted by atomic mass is 35.5.